The average Bonchev–Trinajstić information content (AvgIpc) is 2.36. The third-order valence-corrected chi connectivity index (χ3v) is 3.08. The Labute approximate surface area is 110 Å². The molecule has 0 amide bonds. The van der Waals surface area contributed by atoms with Crippen LogP contribution in [0.15, 0.2) is 30.3 Å². The standard InChI is InChI=1S/C16H24O2/c1-4-14(10-13(2)3)11-16(17)18-12-15-8-6-5-7-9-15/h5-9,13-14H,4,10-12H2,1-3H3/t14-/m0/s1. The van der Waals surface area contributed by atoms with E-state index in [1.807, 2.05) is 30.3 Å². The maximum absolute atomic E-state index is 11.7. The number of rotatable bonds is 7. The molecule has 2 heteroatoms. The molecule has 0 aromatic heterocycles. The number of esters is 1. The fourth-order valence-electron chi connectivity index (χ4n) is 2.09. The smallest absolute Gasteiger partial charge is 0.306 e. The van der Waals surface area contributed by atoms with Crippen LogP contribution in [0.4, 0.5) is 0 Å². The second kappa shape index (κ2) is 7.91. The van der Waals surface area contributed by atoms with Gasteiger partial charge in [-0.15, -0.1) is 0 Å². The zero-order valence-corrected chi connectivity index (χ0v) is 11.7. The molecule has 0 aliphatic carbocycles. The van der Waals surface area contributed by atoms with E-state index in [0.717, 1.165) is 18.4 Å². The van der Waals surface area contributed by atoms with Gasteiger partial charge < -0.3 is 4.74 Å². The van der Waals surface area contributed by atoms with Crippen LogP contribution in [0.3, 0.4) is 0 Å². The first-order valence-corrected chi connectivity index (χ1v) is 6.81. The van der Waals surface area contributed by atoms with E-state index in [9.17, 15) is 4.79 Å². The first kappa shape index (κ1) is 14.7. The minimum atomic E-state index is -0.0775. The van der Waals surface area contributed by atoms with Crippen LogP contribution in [-0.2, 0) is 16.1 Å². The van der Waals surface area contributed by atoms with Crippen LogP contribution >= 0.6 is 0 Å². The van der Waals surface area contributed by atoms with Crippen LogP contribution < -0.4 is 0 Å². The Morgan fingerprint density at radius 2 is 1.89 bits per heavy atom. The summed E-state index contributed by atoms with van der Waals surface area (Å²) >= 11 is 0. The zero-order chi connectivity index (χ0) is 13.4. The van der Waals surface area contributed by atoms with E-state index >= 15 is 0 Å². The number of carbonyl (C=O) groups excluding carboxylic acids is 1. The van der Waals surface area contributed by atoms with Gasteiger partial charge in [-0.05, 0) is 23.8 Å². The molecule has 1 aromatic rings. The monoisotopic (exact) mass is 248 g/mol. The van der Waals surface area contributed by atoms with Gasteiger partial charge in [-0.3, -0.25) is 4.79 Å². The fourth-order valence-corrected chi connectivity index (χ4v) is 2.09. The highest BCUT2D eigenvalue weighted by Crippen LogP contribution is 2.19. The number of benzene rings is 1. The Bertz CT molecular complexity index is 343. The van der Waals surface area contributed by atoms with Gasteiger partial charge in [-0.25, -0.2) is 0 Å². The second-order valence-electron chi connectivity index (χ2n) is 5.25. The lowest BCUT2D eigenvalue weighted by Gasteiger charge is -2.16. The molecule has 0 N–H and O–H groups in total. The molecule has 0 aliphatic rings. The summed E-state index contributed by atoms with van der Waals surface area (Å²) in [4.78, 5) is 11.7. The highest BCUT2D eigenvalue weighted by atomic mass is 16.5. The lowest BCUT2D eigenvalue weighted by Crippen LogP contribution is -2.13. The largest absolute Gasteiger partial charge is 0.461 e. The van der Waals surface area contributed by atoms with E-state index in [-0.39, 0.29) is 5.97 Å². The van der Waals surface area contributed by atoms with E-state index in [0.29, 0.717) is 24.9 Å². The Hall–Kier alpha value is -1.31. The van der Waals surface area contributed by atoms with Crippen molar-refractivity contribution in [1.29, 1.82) is 0 Å². The van der Waals surface area contributed by atoms with E-state index < -0.39 is 0 Å². The van der Waals surface area contributed by atoms with E-state index in [1.165, 1.54) is 0 Å². The average molecular weight is 248 g/mol. The highest BCUT2D eigenvalue weighted by Gasteiger charge is 2.14. The predicted molar refractivity (Wildman–Crippen MR) is 74.1 cm³/mol. The van der Waals surface area contributed by atoms with Gasteiger partial charge in [0.25, 0.3) is 0 Å². The topological polar surface area (TPSA) is 26.3 Å². The quantitative estimate of drug-likeness (QED) is 0.676. The first-order chi connectivity index (χ1) is 8.61. The molecule has 100 valence electrons. The molecule has 0 saturated heterocycles. The summed E-state index contributed by atoms with van der Waals surface area (Å²) in [5, 5.41) is 0. The number of carbonyl (C=O) groups is 1. The fraction of sp³-hybridized carbons (Fsp3) is 0.562. The lowest BCUT2D eigenvalue weighted by molar-refractivity contribution is -0.146. The summed E-state index contributed by atoms with van der Waals surface area (Å²) in [5.41, 5.74) is 1.04. The summed E-state index contributed by atoms with van der Waals surface area (Å²) in [5.74, 6) is 1.01. The molecular weight excluding hydrogens is 224 g/mol. The van der Waals surface area contributed by atoms with Crippen LogP contribution in [0.2, 0.25) is 0 Å². The molecule has 1 aromatic carbocycles. The predicted octanol–water partition coefficient (Wildman–Crippen LogP) is 4.19. The molecule has 0 unspecified atom stereocenters. The van der Waals surface area contributed by atoms with Gasteiger partial charge in [0.05, 0.1) is 0 Å². The van der Waals surface area contributed by atoms with E-state index in [4.69, 9.17) is 4.74 Å². The molecule has 0 aliphatic heterocycles. The molecule has 2 nitrogen and oxygen atoms in total. The summed E-state index contributed by atoms with van der Waals surface area (Å²) in [6, 6.07) is 9.81. The molecule has 1 atom stereocenters. The minimum Gasteiger partial charge on any atom is -0.461 e. The summed E-state index contributed by atoms with van der Waals surface area (Å²) < 4.78 is 5.30. The molecule has 0 saturated carbocycles. The van der Waals surface area contributed by atoms with Crippen molar-refractivity contribution in [3.8, 4) is 0 Å². The van der Waals surface area contributed by atoms with Crippen molar-refractivity contribution < 1.29 is 9.53 Å². The third-order valence-electron chi connectivity index (χ3n) is 3.08. The van der Waals surface area contributed by atoms with Crippen molar-refractivity contribution in [1.82, 2.24) is 0 Å². The number of hydrogen-bond donors (Lipinski definition) is 0. The summed E-state index contributed by atoms with van der Waals surface area (Å²) in [6.07, 6.45) is 2.68. The van der Waals surface area contributed by atoms with Gasteiger partial charge in [0, 0.05) is 6.42 Å². The normalized spacial score (nSPS) is 12.4. The SMILES string of the molecule is CC[C@H](CC(=O)OCc1ccccc1)CC(C)C. The van der Waals surface area contributed by atoms with Crippen molar-refractivity contribution in [2.24, 2.45) is 11.8 Å². The van der Waals surface area contributed by atoms with Gasteiger partial charge in [0.15, 0.2) is 0 Å². The minimum absolute atomic E-state index is 0.0775. The number of hydrogen-bond acceptors (Lipinski definition) is 2. The second-order valence-corrected chi connectivity index (χ2v) is 5.25. The summed E-state index contributed by atoms with van der Waals surface area (Å²) in [7, 11) is 0. The lowest BCUT2D eigenvalue weighted by atomic mass is 9.92. The molecule has 18 heavy (non-hydrogen) atoms. The summed E-state index contributed by atoms with van der Waals surface area (Å²) in [6.45, 7) is 6.91. The number of ether oxygens (including phenoxy) is 1. The van der Waals surface area contributed by atoms with Crippen LogP contribution in [-0.4, -0.2) is 5.97 Å². The van der Waals surface area contributed by atoms with Crippen LogP contribution in [0.25, 0.3) is 0 Å². The first-order valence-electron chi connectivity index (χ1n) is 6.81. The third kappa shape index (κ3) is 5.85. The van der Waals surface area contributed by atoms with Crippen molar-refractivity contribution in [2.45, 2.75) is 46.6 Å². The molecule has 0 radical (unpaired) electrons. The maximum Gasteiger partial charge on any atom is 0.306 e. The van der Waals surface area contributed by atoms with Gasteiger partial charge in [0.2, 0.25) is 0 Å². The van der Waals surface area contributed by atoms with Crippen LogP contribution in [0.5, 0.6) is 0 Å². The zero-order valence-electron chi connectivity index (χ0n) is 11.7. The van der Waals surface area contributed by atoms with Gasteiger partial charge in [0.1, 0.15) is 6.61 Å². The Morgan fingerprint density at radius 1 is 1.22 bits per heavy atom. The van der Waals surface area contributed by atoms with Gasteiger partial charge in [-0.1, -0.05) is 57.5 Å². The molecule has 0 bridgehead atoms. The van der Waals surface area contributed by atoms with Gasteiger partial charge in [-0.2, -0.15) is 0 Å². The highest BCUT2D eigenvalue weighted by molar-refractivity contribution is 5.69. The molecular formula is C16H24O2. The Balaban J connectivity index is 2.32. The van der Waals surface area contributed by atoms with Crippen molar-refractivity contribution in [3.05, 3.63) is 35.9 Å². The Morgan fingerprint density at radius 3 is 2.44 bits per heavy atom. The van der Waals surface area contributed by atoms with Crippen LogP contribution in [0, 0.1) is 11.8 Å². The van der Waals surface area contributed by atoms with Crippen molar-refractivity contribution >= 4 is 5.97 Å². The van der Waals surface area contributed by atoms with Crippen molar-refractivity contribution in [3.63, 3.8) is 0 Å². The maximum atomic E-state index is 11.7. The molecule has 1 rings (SSSR count). The van der Waals surface area contributed by atoms with E-state index in [2.05, 4.69) is 20.8 Å². The molecule has 0 fully saturated rings. The van der Waals surface area contributed by atoms with Gasteiger partial charge >= 0.3 is 5.97 Å². The van der Waals surface area contributed by atoms with E-state index in [1.54, 1.807) is 0 Å². The Kier molecular flexibility index (Phi) is 6.48. The van der Waals surface area contributed by atoms with Crippen molar-refractivity contribution in [2.75, 3.05) is 0 Å². The molecule has 0 spiro atoms. The molecule has 0 heterocycles. The van der Waals surface area contributed by atoms with Crippen LogP contribution in [0.1, 0.15) is 45.6 Å².